The first kappa shape index (κ1) is 15.3. The molecule has 0 aromatic carbocycles. The summed E-state index contributed by atoms with van der Waals surface area (Å²) in [6.07, 6.45) is 1.02. The van der Waals surface area contributed by atoms with E-state index >= 15 is 0 Å². The number of rotatable bonds is 5. The Morgan fingerprint density at radius 1 is 1.53 bits per heavy atom. The number of nitrogens with zero attached hydrogens (tertiary/aromatic N) is 3. The van der Waals surface area contributed by atoms with Gasteiger partial charge in [0.25, 0.3) is 0 Å². The number of aryl methyl sites for hydroxylation is 1. The van der Waals surface area contributed by atoms with Crippen LogP contribution in [0.1, 0.15) is 30.6 Å². The Hall–Kier alpha value is -0.140. The standard InChI is InChI=1S/C11H13BrCl2N4S/c1-3-4-15-8(6-5-7(13)19-11(6)14)9-10(12)16-17-18(9)2/h5,8,15H,3-4H2,1-2H3. The second-order valence-electron chi connectivity index (χ2n) is 4.06. The third-order valence-electron chi connectivity index (χ3n) is 2.69. The highest BCUT2D eigenvalue weighted by Gasteiger charge is 2.25. The van der Waals surface area contributed by atoms with Crippen LogP contribution in [0.15, 0.2) is 10.7 Å². The first-order chi connectivity index (χ1) is 9.04. The third kappa shape index (κ3) is 3.31. The molecule has 0 bridgehead atoms. The molecule has 2 rings (SSSR count). The van der Waals surface area contributed by atoms with Crippen molar-refractivity contribution in [1.29, 1.82) is 0 Å². The fraction of sp³-hybridized carbons (Fsp3) is 0.455. The summed E-state index contributed by atoms with van der Waals surface area (Å²) in [5, 5.41) is 11.5. The number of halogens is 3. The van der Waals surface area contributed by atoms with Crippen molar-refractivity contribution in [3.05, 3.63) is 30.6 Å². The van der Waals surface area contributed by atoms with Gasteiger partial charge in [-0.25, -0.2) is 4.68 Å². The Morgan fingerprint density at radius 3 is 2.74 bits per heavy atom. The highest BCUT2D eigenvalue weighted by atomic mass is 79.9. The van der Waals surface area contributed by atoms with Gasteiger partial charge in [0.1, 0.15) is 0 Å². The molecule has 1 atom stereocenters. The van der Waals surface area contributed by atoms with Crippen molar-refractivity contribution in [2.24, 2.45) is 7.05 Å². The molecule has 2 aromatic heterocycles. The summed E-state index contributed by atoms with van der Waals surface area (Å²) in [5.41, 5.74) is 1.89. The van der Waals surface area contributed by atoms with E-state index < -0.39 is 0 Å². The molecule has 0 spiro atoms. The van der Waals surface area contributed by atoms with Crippen LogP contribution in [-0.4, -0.2) is 21.5 Å². The van der Waals surface area contributed by atoms with E-state index in [-0.39, 0.29) is 6.04 Å². The number of aromatic nitrogens is 3. The molecular weight excluding hydrogens is 371 g/mol. The van der Waals surface area contributed by atoms with E-state index in [1.54, 1.807) is 4.68 Å². The van der Waals surface area contributed by atoms with Crippen LogP contribution in [0.2, 0.25) is 8.67 Å². The Bertz CT molecular complexity index is 550. The lowest BCUT2D eigenvalue weighted by atomic mass is 10.1. The van der Waals surface area contributed by atoms with Gasteiger partial charge in [-0.1, -0.05) is 35.3 Å². The lowest BCUT2D eigenvalue weighted by Gasteiger charge is -2.18. The predicted molar refractivity (Wildman–Crippen MR) is 83.2 cm³/mol. The van der Waals surface area contributed by atoms with Crippen LogP contribution in [0.25, 0.3) is 0 Å². The van der Waals surface area contributed by atoms with Gasteiger partial charge in [-0.15, -0.1) is 16.4 Å². The van der Waals surface area contributed by atoms with E-state index in [2.05, 4.69) is 38.5 Å². The number of thiophene rings is 1. The Morgan fingerprint density at radius 2 is 2.26 bits per heavy atom. The third-order valence-corrected chi connectivity index (χ3v) is 4.78. The quantitative estimate of drug-likeness (QED) is 0.847. The fourth-order valence-electron chi connectivity index (χ4n) is 1.84. The van der Waals surface area contributed by atoms with E-state index in [9.17, 15) is 0 Å². The summed E-state index contributed by atoms with van der Waals surface area (Å²) in [5.74, 6) is 0. The summed E-state index contributed by atoms with van der Waals surface area (Å²) in [7, 11) is 1.86. The fourth-order valence-corrected chi connectivity index (χ4v) is 3.93. The van der Waals surface area contributed by atoms with Gasteiger partial charge in [0.05, 0.1) is 20.4 Å². The van der Waals surface area contributed by atoms with E-state index in [1.165, 1.54) is 11.3 Å². The summed E-state index contributed by atoms with van der Waals surface area (Å²) in [4.78, 5) is 0. The van der Waals surface area contributed by atoms with Crippen LogP contribution in [0.3, 0.4) is 0 Å². The van der Waals surface area contributed by atoms with Crippen molar-refractivity contribution >= 4 is 50.5 Å². The average Bonchev–Trinajstić information content (AvgIpc) is 2.85. The molecule has 0 amide bonds. The molecule has 0 radical (unpaired) electrons. The Kier molecular flexibility index (Phi) is 5.25. The molecule has 0 fully saturated rings. The normalized spacial score (nSPS) is 12.9. The van der Waals surface area contributed by atoms with Crippen molar-refractivity contribution in [3.63, 3.8) is 0 Å². The SMILES string of the molecule is CCCNC(c1cc(Cl)sc1Cl)c1c(Br)nnn1C. The average molecular weight is 384 g/mol. The van der Waals surface area contributed by atoms with Crippen LogP contribution >= 0.6 is 50.5 Å². The molecule has 1 N–H and O–H groups in total. The van der Waals surface area contributed by atoms with Crippen molar-refractivity contribution in [3.8, 4) is 0 Å². The molecule has 0 aliphatic carbocycles. The van der Waals surface area contributed by atoms with Gasteiger partial charge in [-0.2, -0.15) is 0 Å². The van der Waals surface area contributed by atoms with E-state index in [4.69, 9.17) is 23.2 Å². The second-order valence-corrected chi connectivity index (χ2v) is 7.09. The maximum absolute atomic E-state index is 6.27. The first-order valence-corrected chi connectivity index (χ1v) is 8.14. The highest BCUT2D eigenvalue weighted by molar-refractivity contribution is 9.10. The smallest absolute Gasteiger partial charge is 0.153 e. The highest BCUT2D eigenvalue weighted by Crippen LogP contribution is 2.38. The van der Waals surface area contributed by atoms with Gasteiger partial charge < -0.3 is 5.32 Å². The first-order valence-electron chi connectivity index (χ1n) is 5.77. The van der Waals surface area contributed by atoms with Crippen LogP contribution in [0.4, 0.5) is 0 Å². The minimum absolute atomic E-state index is 0.0782. The largest absolute Gasteiger partial charge is 0.305 e. The summed E-state index contributed by atoms with van der Waals surface area (Å²) in [6, 6.07) is 1.81. The molecule has 0 saturated carbocycles. The van der Waals surface area contributed by atoms with E-state index in [0.717, 1.165) is 24.2 Å². The number of hydrogen-bond donors (Lipinski definition) is 1. The molecular formula is C11H13BrCl2N4S. The maximum Gasteiger partial charge on any atom is 0.153 e. The Labute approximate surface area is 134 Å². The van der Waals surface area contributed by atoms with Crippen LogP contribution < -0.4 is 5.32 Å². The van der Waals surface area contributed by atoms with Gasteiger partial charge in [0.2, 0.25) is 0 Å². The minimum atomic E-state index is -0.0782. The zero-order valence-corrected chi connectivity index (χ0v) is 14.4. The van der Waals surface area contributed by atoms with E-state index in [1.807, 2.05) is 13.1 Å². The van der Waals surface area contributed by atoms with Gasteiger partial charge >= 0.3 is 0 Å². The Balaban J connectivity index is 2.44. The summed E-state index contributed by atoms with van der Waals surface area (Å²) < 4.78 is 3.81. The van der Waals surface area contributed by atoms with Crippen molar-refractivity contribution < 1.29 is 0 Å². The predicted octanol–water partition coefficient (Wildman–Crippen LogP) is 4.03. The summed E-state index contributed by atoms with van der Waals surface area (Å²) in [6.45, 7) is 2.98. The molecule has 4 nitrogen and oxygen atoms in total. The van der Waals surface area contributed by atoms with Crippen LogP contribution in [0.5, 0.6) is 0 Å². The molecule has 1 unspecified atom stereocenters. The molecule has 2 aromatic rings. The molecule has 0 aliphatic heterocycles. The zero-order valence-electron chi connectivity index (χ0n) is 10.5. The molecule has 0 aliphatic rings. The van der Waals surface area contributed by atoms with E-state index in [0.29, 0.717) is 13.3 Å². The van der Waals surface area contributed by atoms with Gasteiger partial charge in [0, 0.05) is 12.6 Å². The molecule has 0 saturated heterocycles. The molecule has 104 valence electrons. The van der Waals surface area contributed by atoms with Crippen molar-refractivity contribution in [1.82, 2.24) is 20.3 Å². The monoisotopic (exact) mass is 382 g/mol. The van der Waals surface area contributed by atoms with Crippen LogP contribution in [-0.2, 0) is 7.05 Å². The zero-order chi connectivity index (χ0) is 14.0. The van der Waals surface area contributed by atoms with Crippen molar-refractivity contribution in [2.75, 3.05) is 6.54 Å². The molecule has 8 heteroatoms. The van der Waals surface area contributed by atoms with Crippen molar-refractivity contribution in [2.45, 2.75) is 19.4 Å². The second kappa shape index (κ2) is 6.54. The minimum Gasteiger partial charge on any atom is -0.305 e. The number of nitrogens with one attached hydrogen (secondary N) is 1. The molecule has 2 heterocycles. The van der Waals surface area contributed by atoms with Gasteiger partial charge in [-0.05, 0) is 35.0 Å². The summed E-state index contributed by atoms with van der Waals surface area (Å²) >= 11 is 17.1. The lowest BCUT2D eigenvalue weighted by molar-refractivity contribution is 0.550. The van der Waals surface area contributed by atoms with Gasteiger partial charge in [-0.3, -0.25) is 0 Å². The molecule has 19 heavy (non-hydrogen) atoms. The number of hydrogen-bond acceptors (Lipinski definition) is 4. The lowest BCUT2D eigenvalue weighted by Crippen LogP contribution is -2.25. The van der Waals surface area contributed by atoms with Gasteiger partial charge in [0.15, 0.2) is 4.60 Å². The van der Waals surface area contributed by atoms with Crippen LogP contribution in [0, 0.1) is 0 Å². The maximum atomic E-state index is 6.27. The topological polar surface area (TPSA) is 42.7 Å².